The molecule has 0 rings (SSSR count). The van der Waals surface area contributed by atoms with Crippen molar-refractivity contribution in [3.05, 3.63) is 11.8 Å². The minimum absolute atomic E-state index is 0.453. The predicted molar refractivity (Wildman–Crippen MR) is 64.5 cm³/mol. The molecule has 13 heavy (non-hydrogen) atoms. The molecule has 0 radical (unpaired) electrons. The highest BCUT2D eigenvalue weighted by Crippen LogP contribution is 2.28. The smallest absolute Gasteiger partial charge is 0.141 e. The minimum Gasteiger partial charge on any atom is -0.328 e. The summed E-state index contributed by atoms with van der Waals surface area (Å²) in [6, 6.07) is 0. The molecule has 78 valence electrons. The predicted octanol–water partition coefficient (Wildman–Crippen LogP) is 2.82. The maximum absolute atomic E-state index is 2.46. The molecule has 0 heterocycles. The third-order valence-electron chi connectivity index (χ3n) is 2.12. The van der Waals surface area contributed by atoms with Crippen molar-refractivity contribution >= 4 is 8.96 Å². The van der Waals surface area contributed by atoms with Gasteiger partial charge in [0.2, 0.25) is 0 Å². The molecular weight excluding hydrogens is 174 g/mol. The average molecular weight is 199 g/mol. The van der Waals surface area contributed by atoms with Crippen LogP contribution in [-0.2, 0) is 0 Å². The van der Waals surface area contributed by atoms with Crippen LogP contribution >= 0.6 is 0 Å². The van der Waals surface area contributed by atoms with Crippen LogP contribution in [0.5, 0.6) is 0 Å². The van der Waals surface area contributed by atoms with Gasteiger partial charge in [-0.15, -0.1) is 0 Å². The molecule has 0 spiro atoms. The normalized spacial score (nSPS) is 16.1. The Balaban J connectivity index is 4.46. The summed E-state index contributed by atoms with van der Waals surface area (Å²) in [5.41, 5.74) is 2.46. The van der Waals surface area contributed by atoms with E-state index in [0.29, 0.717) is 11.0 Å². The van der Waals surface area contributed by atoms with Crippen molar-refractivity contribution in [2.75, 3.05) is 14.1 Å². The lowest BCUT2D eigenvalue weighted by molar-refractivity contribution is 0.583. The molecule has 0 fully saturated rings. The zero-order chi connectivity index (χ0) is 10.6. The fourth-order valence-electron chi connectivity index (χ4n) is 1.56. The van der Waals surface area contributed by atoms with Crippen molar-refractivity contribution in [2.24, 2.45) is 5.92 Å². The molecule has 0 saturated carbocycles. The second-order valence-electron chi connectivity index (χ2n) is 5.40. The quantitative estimate of drug-likeness (QED) is 0.632. The van der Waals surface area contributed by atoms with Crippen molar-refractivity contribution in [3.63, 3.8) is 0 Å². The van der Waals surface area contributed by atoms with Gasteiger partial charge in [-0.3, -0.25) is 0 Å². The van der Waals surface area contributed by atoms with Gasteiger partial charge in [0.25, 0.3) is 0 Å². The summed E-state index contributed by atoms with van der Waals surface area (Å²) in [4.78, 5) is 0. The van der Waals surface area contributed by atoms with E-state index in [2.05, 4.69) is 65.1 Å². The Kier molecular flexibility index (Phi) is 4.93. The molecule has 2 heteroatoms. The fourth-order valence-corrected chi connectivity index (χ4v) is 4.69. The monoisotopic (exact) mass is 199 g/mol. The van der Waals surface area contributed by atoms with E-state index in [0.717, 1.165) is 0 Å². The molecule has 0 aliphatic rings. The number of hydrogen-bond acceptors (Lipinski definition) is 1. The molecule has 0 aliphatic heterocycles. The first kappa shape index (κ1) is 12.9. The van der Waals surface area contributed by atoms with Crippen LogP contribution in [0, 0.1) is 5.92 Å². The molecule has 0 bridgehead atoms. The highest BCUT2D eigenvalue weighted by molar-refractivity contribution is 6.64. The van der Waals surface area contributed by atoms with E-state index in [1.807, 2.05) is 0 Å². The van der Waals surface area contributed by atoms with Crippen molar-refractivity contribution in [2.45, 2.75) is 39.7 Å². The lowest BCUT2D eigenvalue weighted by atomic mass is 10.2. The summed E-state index contributed by atoms with van der Waals surface area (Å²) >= 11 is 0. The van der Waals surface area contributed by atoms with Gasteiger partial charge in [-0.1, -0.05) is 46.4 Å². The fraction of sp³-hybridized carbons (Fsp3) is 0.818. The van der Waals surface area contributed by atoms with E-state index >= 15 is 0 Å². The number of nitrogens with zero attached hydrogens (tertiary/aromatic N) is 1. The van der Waals surface area contributed by atoms with E-state index < -0.39 is 8.96 Å². The van der Waals surface area contributed by atoms with Crippen LogP contribution in [-0.4, -0.2) is 27.6 Å². The Morgan fingerprint density at radius 3 is 1.85 bits per heavy atom. The second-order valence-corrected chi connectivity index (χ2v) is 9.44. The molecule has 0 amide bonds. The number of rotatable bonds is 3. The van der Waals surface area contributed by atoms with Gasteiger partial charge in [-0.25, -0.2) is 0 Å². The SMILES string of the molecule is CC(C)C=C[SiH](N(C)C)C(C)(C)C. The standard InChI is InChI=1S/C11H25NSi/c1-10(2)8-9-13(12(6)7)11(3,4)5/h8-10,13H,1-7H3. The maximum Gasteiger partial charge on any atom is 0.141 e. The van der Waals surface area contributed by atoms with E-state index in [1.54, 1.807) is 0 Å². The van der Waals surface area contributed by atoms with Crippen molar-refractivity contribution in [3.8, 4) is 0 Å². The highest BCUT2D eigenvalue weighted by atomic mass is 28.3. The molecule has 1 nitrogen and oxygen atoms in total. The van der Waals surface area contributed by atoms with Crippen molar-refractivity contribution < 1.29 is 0 Å². The summed E-state index contributed by atoms with van der Waals surface area (Å²) in [6.07, 6.45) is 2.35. The van der Waals surface area contributed by atoms with Gasteiger partial charge in [0.15, 0.2) is 0 Å². The summed E-state index contributed by atoms with van der Waals surface area (Å²) in [5.74, 6) is 0.678. The first-order valence-corrected chi connectivity index (χ1v) is 6.86. The first-order chi connectivity index (χ1) is 5.75. The van der Waals surface area contributed by atoms with Crippen molar-refractivity contribution in [1.82, 2.24) is 4.57 Å². The second kappa shape index (κ2) is 4.96. The van der Waals surface area contributed by atoms with Gasteiger partial charge in [0, 0.05) is 0 Å². The molecule has 0 aliphatic carbocycles. The first-order valence-electron chi connectivity index (χ1n) is 5.10. The Morgan fingerprint density at radius 2 is 1.62 bits per heavy atom. The highest BCUT2D eigenvalue weighted by Gasteiger charge is 2.25. The number of hydrogen-bond donors (Lipinski definition) is 0. The third-order valence-corrected chi connectivity index (χ3v) is 5.60. The van der Waals surface area contributed by atoms with Crippen LogP contribution in [0.4, 0.5) is 0 Å². The molecule has 0 aromatic rings. The zero-order valence-electron chi connectivity index (χ0n) is 10.3. The van der Waals surface area contributed by atoms with Crippen LogP contribution in [0.25, 0.3) is 0 Å². The molecular formula is C11H25NSi. The maximum atomic E-state index is 2.46. The van der Waals surface area contributed by atoms with Crippen LogP contribution in [0.15, 0.2) is 11.8 Å². The average Bonchev–Trinajstić information content (AvgIpc) is 1.81. The number of allylic oxidation sites excluding steroid dienone is 1. The van der Waals surface area contributed by atoms with Gasteiger partial charge in [-0.2, -0.15) is 0 Å². The third kappa shape index (κ3) is 5.27. The van der Waals surface area contributed by atoms with Crippen molar-refractivity contribution in [1.29, 1.82) is 0 Å². The summed E-state index contributed by atoms with van der Waals surface area (Å²) in [7, 11) is 3.50. The molecule has 0 saturated heterocycles. The molecule has 0 N–H and O–H groups in total. The van der Waals surface area contributed by atoms with Crippen LogP contribution in [0.1, 0.15) is 34.6 Å². The molecule has 1 unspecified atom stereocenters. The lowest BCUT2D eigenvalue weighted by Crippen LogP contribution is -2.39. The van der Waals surface area contributed by atoms with E-state index in [9.17, 15) is 0 Å². The van der Waals surface area contributed by atoms with E-state index in [4.69, 9.17) is 0 Å². The van der Waals surface area contributed by atoms with Crippen LogP contribution in [0.3, 0.4) is 0 Å². The van der Waals surface area contributed by atoms with Gasteiger partial charge >= 0.3 is 0 Å². The Hall–Kier alpha value is -0.0831. The molecule has 0 aromatic carbocycles. The Bertz CT molecular complexity index is 165. The van der Waals surface area contributed by atoms with E-state index in [-0.39, 0.29) is 0 Å². The summed E-state index contributed by atoms with van der Waals surface area (Å²) < 4.78 is 2.42. The summed E-state index contributed by atoms with van der Waals surface area (Å²) in [6.45, 7) is 11.5. The largest absolute Gasteiger partial charge is 0.328 e. The Morgan fingerprint density at radius 1 is 1.15 bits per heavy atom. The van der Waals surface area contributed by atoms with Gasteiger partial charge in [-0.05, 0) is 25.1 Å². The molecule has 0 aromatic heterocycles. The van der Waals surface area contributed by atoms with Gasteiger partial charge in [0.1, 0.15) is 8.96 Å². The lowest BCUT2D eigenvalue weighted by Gasteiger charge is -2.32. The topological polar surface area (TPSA) is 3.24 Å². The zero-order valence-corrected chi connectivity index (χ0v) is 11.4. The minimum atomic E-state index is -0.899. The van der Waals surface area contributed by atoms with Gasteiger partial charge in [0.05, 0.1) is 0 Å². The van der Waals surface area contributed by atoms with Crippen LogP contribution < -0.4 is 0 Å². The molecule has 1 atom stereocenters. The Labute approximate surface area is 85.5 Å². The van der Waals surface area contributed by atoms with E-state index in [1.165, 1.54) is 0 Å². The van der Waals surface area contributed by atoms with Crippen LogP contribution in [0.2, 0.25) is 5.04 Å². The van der Waals surface area contributed by atoms with Gasteiger partial charge < -0.3 is 4.57 Å². The summed E-state index contributed by atoms with van der Waals surface area (Å²) in [5, 5.41) is 0.453.